The van der Waals surface area contributed by atoms with Crippen molar-refractivity contribution in [1.82, 2.24) is 0 Å². The minimum absolute atomic E-state index is 0.257. The van der Waals surface area contributed by atoms with E-state index in [2.05, 4.69) is 0 Å². The van der Waals surface area contributed by atoms with Gasteiger partial charge in [0.1, 0.15) is 24.4 Å². The van der Waals surface area contributed by atoms with Crippen LogP contribution < -0.4 is 11.5 Å². The second-order valence-corrected chi connectivity index (χ2v) is 11.6. The number of carbonyl (C=O) groups excluding carboxylic acids is 6. The Bertz CT molecular complexity index is 1310. The van der Waals surface area contributed by atoms with Gasteiger partial charge in [0, 0.05) is 22.5 Å². The number of hydrogen-bond donors (Lipinski definition) is 4. The van der Waals surface area contributed by atoms with Gasteiger partial charge in [0.05, 0.1) is 0 Å². The van der Waals surface area contributed by atoms with E-state index in [1.165, 1.54) is 65.8 Å². The van der Waals surface area contributed by atoms with Gasteiger partial charge in [0.2, 0.25) is 11.6 Å². The molecule has 0 aliphatic rings. The molecule has 238 valence electrons. The van der Waals surface area contributed by atoms with E-state index >= 15 is 0 Å². The smallest absolute Gasteiger partial charge is 0.359 e. The van der Waals surface area contributed by atoms with E-state index in [1.807, 2.05) is 0 Å². The molecule has 14 heteroatoms. The monoisotopic (exact) mass is 616 g/mol. The molecule has 0 bridgehead atoms. The van der Waals surface area contributed by atoms with E-state index in [-0.39, 0.29) is 22.5 Å². The van der Waals surface area contributed by atoms with Gasteiger partial charge in [0.25, 0.3) is 0 Å². The van der Waals surface area contributed by atoms with Crippen LogP contribution in [0.4, 0.5) is 11.4 Å². The Kier molecular flexibility index (Phi) is 10.6. The van der Waals surface area contributed by atoms with Crippen molar-refractivity contribution >= 4 is 46.8 Å². The molecule has 0 fully saturated rings. The topological polar surface area (TPSA) is 232 Å². The van der Waals surface area contributed by atoms with E-state index < -0.39 is 71.1 Å². The molecule has 14 nitrogen and oxygen atoms in total. The van der Waals surface area contributed by atoms with Gasteiger partial charge in [0.15, 0.2) is 0 Å². The molecule has 2 aromatic carbocycles. The fraction of sp³-hybridized carbons (Fsp3) is 0.400. The number of carbonyl (C=O) groups is 6. The van der Waals surface area contributed by atoms with Crippen molar-refractivity contribution in [3.8, 4) is 0 Å². The van der Waals surface area contributed by atoms with Gasteiger partial charge >= 0.3 is 35.1 Å². The lowest BCUT2D eigenvalue weighted by Crippen LogP contribution is -2.57. The van der Waals surface area contributed by atoms with Gasteiger partial charge in [-0.2, -0.15) is 0 Å². The number of benzene rings is 2. The molecule has 0 aliphatic carbocycles. The van der Waals surface area contributed by atoms with Gasteiger partial charge in [-0.3, -0.25) is 9.59 Å². The van der Waals surface area contributed by atoms with E-state index in [0.29, 0.717) is 0 Å². The van der Waals surface area contributed by atoms with Crippen LogP contribution in [0.1, 0.15) is 62.3 Å². The van der Waals surface area contributed by atoms with Crippen molar-refractivity contribution in [2.75, 3.05) is 24.7 Å². The van der Waals surface area contributed by atoms with Gasteiger partial charge in [-0.25, -0.2) is 19.2 Å². The quantitative estimate of drug-likeness (QED) is 0.0693. The van der Waals surface area contributed by atoms with Crippen LogP contribution in [0.25, 0.3) is 0 Å². The molecule has 44 heavy (non-hydrogen) atoms. The average Bonchev–Trinajstić information content (AvgIpc) is 2.92. The molecule has 0 amide bonds. The lowest BCUT2D eigenvalue weighted by Gasteiger charge is -2.28. The summed E-state index contributed by atoms with van der Waals surface area (Å²) < 4.78 is 19.9. The maximum atomic E-state index is 13.1. The highest BCUT2D eigenvalue weighted by atomic mass is 16.6. The fourth-order valence-electron chi connectivity index (χ4n) is 3.41. The van der Waals surface area contributed by atoms with E-state index in [4.69, 9.17) is 30.4 Å². The van der Waals surface area contributed by atoms with Crippen LogP contribution in [0.3, 0.4) is 0 Å². The number of aliphatic hydroxyl groups is 2. The largest absolute Gasteiger partial charge is 0.459 e. The molecule has 0 spiro atoms. The maximum absolute atomic E-state index is 13.1. The molecule has 2 atom stereocenters. The molecule has 2 unspecified atom stereocenters. The third kappa shape index (κ3) is 8.39. The summed E-state index contributed by atoms with van der Waals surface area (Å²) in [6.45, 7) is 6.80. The maximum Gasteiger partial charge on any atom is 0.359 e. The Morgan fingerprint density at radius 1 is 0.545 bits per heavy atom. The number of anilines is 2. The van der Waals surface area contributed by atoms with E-state index in [1.54, 1.807) is 0 Å². The third-order valence-electron chi connectivity index (χ3n) is 5.53. The molecule has 0 heterocycles. The first-order chi connectivity index (χ1) is 20.1. The van der Waals surface area contributed by atoms with Crippen molar-refractivity contribution in [3.05, 3.63) is 59.7 Å². The van der Waals surface area contributed by atoms with Crippen LogP contribution in [-0.4, -0.2) is 81.3 Å². The Balaban J connectivity index is 2.27. The van der Waals surface area contributed by atoms with Crippen molar-refractivity contribution in [2.24, 2.45) is 0 Å². The zero-order valence-corrected chi connectivity index (χ0v) is 25.2. The number of Topliss-reactive ketones (excluding diaryl/α,β-unsaturated/α-hetero) is 2. The minimum atomic E-state index is -3.48. The molecule has 0 radical (unpaired) electrons. The number of ether oxygens (including phenoxy) is 4. The molecule has 0 aliphatic heterocycles. The summed E-state index contributed by atoms with van der Waals surface area (Å²) in [6.07, 6.45) is 0. The van der Waals surface area contributed by atoms with Gasteiger partial charge < -0.3 is 40.6 Å². The number of nitrogens with two attached hydrogens (primary N) is 2. The highest BCUT2D eigenvalue weighted by molar-refractivity contribution is 6.29. The van der Waals surface area contributed by atoms with Crippen molar-refractivity contribution in [1.29, 1.82) is 0 Å². The number of esters is 4. The molecule has 0 saturated heterocycles. The standard InChI is InChI=1S/C30H36N2O12/c1-27(2,3)43-25(37)29(39,21(33)17-7-11-19(31)12-8-17)23(35)41-15-16-42-24(36)30(40,26(38)44-28(4,5)6)22(34)18-9-13-20(32)14-10-18/h7-14,39-40H,15-16,31-32H2,1-6H3. The first-order valence-electron chi connectivity index (χ1n) is 13.2. The number of ketones is 2. The van der Waals surface area contributed by atoms with E-state index in [0.717, 1.165) is 24.3 Å². The predicted octanol–water partition coefficient (Wildman–Crippen LogP) is 1.15. The van der Waals surface area contributed by atoms with Crippen molar-refractivity contribution in [2.45, 2.75) is 63.9 Å². The summed E-state index contributed by atoms with van der Waals surface area (Å²) in [6, 6.07) is 9.84. The van der Waals surface area contributed by atoms with Gasteiger partial charge in [-0.15, -0.1) is 0 Å². The normalized spacial score (nSPS) is 14.3. The first kappa shape index (κ1) is 35.4. The molecule has 2 rings (SSSR count). The Hall–Kier alpha value is -4.82. The number of rotatable bonds is 11. The summed E-state index contributed by atoms with van der Waals surface area (Å²) in [7, 11) is 0. The van der Waals surface area contributed by atoms with Crippen LogP contribution in [0.5, 0.6) is 0 Å². The zero-order chi connectivity index (χ0) is 33.7. The highest BCUT2D eigenvalue weighted by Gasteiger charge is 2.57. The summed E-state index contributed by atoms with van der Waals surface area (Å²) >= 11 is 0. The second-order valence-electron chi connectivity index (χ2n) is 11.6. The van der Waals surface area contributed by atoms with Crippen LogP contribution in [0.2, 0.25) is 0 Å². The van der Waals surface area contributed by atoms with Crippen LogP contribution in [0.15, 0.2) is 48.5 Å². The molecular formula is C30H36N2O12. The van der Waals surface area contributed by atoms with Crippen molar-refractivity contribution < 1.29 is 57.9 Å². The van der Waals surface area contributed by atoms with Crippen LogP contribution in [0, 0.1) is 0 Å². The van der Waals surface area contributed by atoms with Crippen LogP contribution >= 0.6 is 0 Å². The summed E-state index contributed by atoms with van der Waals surface area (Å²) in [5.41, 5.74) is 1.76. The summed E-state index contributed by atoms with van der Waals surface area (Å²) in [5.74, 6) is -9.59. The van der Waals surface area contributed by atoms with E-state index in [9.17, 15) is 39.0 Å². The van der Waals surface area contributed by atoms with Gasteiger partial charge in [-0.05, 0) is 90.1 Å². The van der Waals surface area contributed by atoms with Crippen molar-refractivity contribution in [3.63, 3.8) is 0 Å². The lowest BCUT2D eigenvalue weighted by atomic mass is 9.92. The lowest BCUT2D eigenvalue weighted by molar-refractivity contribution is -0.190. The molecule has 0 saturated carbocycles. The summed E-state index contributed by atoms with van der Waals surface area (Å²) in [5, 5.41) is 22.1. The Labute approximate surface area is 253 Å². The Morgan fingerprint density at radius 2 is 0.818 bits per heavy atom. The highest BCUT2D eigenvalue weighted by Crippen LogP contribution is 2.24. The number of hydrogen-bond acceptors (Lipinski definition) is 14. The molecule has 0 aromatic heterocycles. The van der Waals surface area contributed by atoms with Crippen LogP contribution in [-0.2, 0) is 38.1 Å². The molecular weight excluding hydrogens is 580 g/mol. The Morgan fingerprint density at radius 3 is 1.07 bits per heavy atom. The SMILES string of the molecule is CC(C)(C)OC(=O)C(O)(C(=O)OCCOC(=O)C(O)(C(=O)OC(C)(C)C)C(=O)c1ccc(N)cc1)C(=O)c1ccc(N)cc1. The second kappa shape index (κ2) is 13.2. The summed E-state index contributed by atoms with van der Waals surface area (Å²) in [4.78, 5) is 77.9. The first-order valence-corrected chi connectivity index (χ1v) is 13.2. The third-order valence-corrected chi connectivity index (χ3v) is 5.53. The minimum Gasteiger partial charge on any atom is -0.459 e. The molecule has 2 aromatic rings. The predicted molar refractivity (Wildman–Crippen MR) is 154 cm³/mol. The van der Waals surface area contributed by atoms with Gasteiger partial charge in [-0.1, -0.05) is 0 Å². The average molecular weight is 617 g/mol. The molecule has 6 N–H and O–H groups in total. The number of nitrogen functional groups attached to an aromatic ring is 2. The fourth-order valence-corrected chi connectivity index (χ4v) is 3.41. The zero-order valence-electron chi connectivity index (χ0n) is 25.2.